The van der Waals surface area contributed by atoms with Gasteiger partial charge in [0.25, 0.3) is 0 Å². The van der Waals surface area contributed by atoms with Crippen LogP contribution in [0.5, 0.6) is 0 Å². The fourth-order valence-electron chi connectivity index (χ4n) is 1.25. The van der Waals surface area contributed by atoms with Gasteiger partial charge in [0.05, 0.1) is 6.61 Å². The fraction of sp³-hybridized carbons (Fsp3) is 0.556. The van der Waals surface area contributed by atoms with Crippen LogP contribution in [0, 0.1) is 11.8 Å². The number of aromatic nitrogens is 2. The topological polar surface area (TPSA) is 44.1 Å². The van der Waals surface area contributed by atoms with E-state index < -0.39 is 0 Å². The number of rotatable bonds is 2. The molecule has 1 heterocycles. The van der Waals surface area contributed by atoms with Gasteiger partial charge in [-0.2, -0.15) is 0 Å². The Morgan fingerprint density at radius 2 is 2.54 bits per heavy atom. The third kappa shape index (κ3) is 1.88. The molecule has 4 nitrogen and oxygen atoms in total. The zero-order valence-electron chi connectivity index (χ0n) is 7.51. The molecule has 0 radical (unpaired) electrons. The van der Waals surface area contributed by atoms with Crippen LogP contribution in [0.4, 0.5) is 4.79 Å². The summed E-state index contributed by atoms with van der Waals surface area (Å²) in [6, 6.07) is 0. The minimum atomic E-state index is -0.336. The molecule has 2 rings (SSSR count). The third-order valence-corrected chi connectivity index (χ3v) is 2.41. The Kier molecular flexibility index (Phi) is 2.04. The zero-order valence-corrected chi connectivity index (χ0v) is 7.51. The van der Waals surface area contributed by atoms with Crippen molar-refractivity contribution >= 4 is 6.09 Å². The quantitative estimate of drug-likeness (QED) is 0.693. The molecule has 70 valence electrons. The van der Waals surface area contributed by atoms with Gasteiger partial charge in [-0.1, -0.05) is 6.92 Å². The zero-order chi connectivity index (χ0) is 9.26. The summed E-state index contributed by atoms with van der Waals surface area (Å²) >= 11 is 0. The molecule has 2 atom stereocenters. The highest BCUT2D eigenvalue weighted by atomic mass is 16.5. The van der Waals surface area contributed by atoms with Crippen LogP contribution in [-0.4, -0.2) is 22.3 Å². The van der Waals surface area contributed by atoms with Crippen LogP contribution >= 0.6 is 0 Å². The lowest BCUT2D eigenvalue weighted by Crippen LogP contribution is -2.13. The van der Waals surface area contributed by atoms with Gasteiger partial charge in [-0.05, 0) is 18.3 Å². The molecule has 0 aromatic carbocycles. The van der Waals surface area contributed by atoms with Crippen molar-refractivity contribution in [3.63, 3.8) is 0 Å². The largest absolute Gasteiger partial charge is 0.449 e. The molecule has 1 aliphatic carbocycles. The van der Waals surface area contributed by atoms with Gasteiger partial charge in [-0.25, -0.2) is 14.3 Å². The van der Waals surface area contributed by atoms with Crippen molar-refractivity contribution in [2.75, 3.05) is 6.61 Å². The molecule has 1 aromatic rings. The van der Waals surface area contributed by atoms with E-state index in [-0.39, 0.29) is 6.09 Å². The minimum absolute atomic E-state index is 0.336. The second-order valence-corrected chi connectivity index (χ2v) is 3.52. The number of hydrogen-bond donors (Lipinski definition) is 0. The molecule has 1 fully saturated rings. The lowest BCUT2D eigenvalue weighted by Gasteiger charge is -2.02. The second-order valence-electron chi connectivity index (χ2n) is 3.52. The molecule has 0 spiro atoms. The monoisotopic (exact) mass is 180 g/mol. The van der Waals surface area contributed by atoms with Crippen LogP contribution in [0.2, 0.25) is 0 Å². The maximum absolute atomic E-state index is 11.2. The predicted molar refractivity (Wildman–Crippen MR) is 46.2 cm³/mol. The molecule has 0 aliphatic heterocycles. The first-order valence-electron chi connectivity index (χ1n) is 4.42. The van der Waals surface area contributed by atoms with E-state index in [4.69, 9.17) is 4.74 Å². The van der Waals surface area contributed by atoms with Crippen molar-refractivity contribution < 1.29 is 9.53 Å². The van der Waals surface area contributed by atoms with Gasteiger partial charge in [0.2, 0.25) is 0 Å². The van der Waals surface area contributed by atoms with Crippen LogP contribution in [0.15, 0.2) is 18.7 Å². The third-order valence-electron chi connectivity index (χ3n) is 2.41. The summed E-state index contributed by atoms with van der Waals surface area (Å²) in [5.74, 6) is 1.29. The first kappa shape index (κ1) is 8.29. The van der Waals surface area contributed by atoms with E-state index in [1.807, 2.05) is 0 Å². The lowest BCUT2D eigenvalue weighted by atomic mass is 10.4. The number of ether oxygens (including phenoxy) is 1. The van der Waals surface area contributed by atoms with Crippen LogP contribution in [0.3, 0.4) is 0 Å². The molecule has 2 unspecified atom stereocenters. The number of nitrogens with zero attached hydrogens (tertiary/aromatic N) is 2. The molecule has 13 heavy (non-hydrogen) atoms. The van der Waals surface area contributed by atoms with E-state index in [0.29, 0.717) is 12.5 Å². The van der Waals surface area contributed by atoms with E-state index in [0.717, 1.165) is 5.92 Å². The number of hydrogen-bond acceptors (Lipinski definition) is 3. The van der Waals surface area contributed by atoms with Crippen LogP contribution in [0.1, 0.15) is 13.3 Å². The fourth-order valence-corrected chi connectivity index (χ4v) is 1.25. The van der Waals surface area contributed by atoms with Gasteiger partial charge < -0.3 is 4.74 Å². The van der Waals surface area contributed by atoms with Crippen molar-refractivity contribution in [3.8, 4) is 0 Å². The van der Waals surface area contributed by atoms with Gasteiger partial charge >= 0.3 is 6.09 Å². The summed E-state index contributed by atoms with van der Waals surface area (Å²) in [6.45, 7) is 2.70. The molecular formula is C9H12N2O2. The van der Waals surface area contributed by atoms with Crippen molar-refractivity contribution in [1.29, 1.82) is 0 Å². The predicted octanol–water partition coefficient (Wildman–Crippen LogP) is 1.52. The highest BCUT2D eigenvalue weighted by Gasteiger charge is 2.33. The van der Waals surface area contributed by atoms with E-state index in [2.05, 4.69) is 11.9 Å². The Bertz CT molecular complexity index is 295. The van der Waals surface area contributed by atoms with Gasteiger partial charge in [0.15, 0.2) is 0 Å². The average molecular weight is 180 g/mol. The maximum Gasteiger partial charge on any atom is 0.419 e. The number of imidazole rings is 1. The summed E-state index contributed by atoms with van der Waals surface area (Å²) in [5.41, 5.74) is 0. The van der Waals surface area contributed by atoms with E-state index in [1.54, 1.807) is 12.4 Å². The molecule has 0 amide bonds. The smallest absolute Gasteiger partial charge is 0.419 e. The van der Waals surface area contributed by atoms with E-state index in [9.17, 15) is 4.79 Å². The molecule has 0 bridgehead atoms. The van der Waals surface area contributed by atoms with Crippen LogP contribution in [-0.2, 0) is 4.74 Å². The summed E-state index contributed by atoms with van der Waals surface area (Å²) in [4.78, 5) is 15.0. The van der Waals surface area contributed by atoms with Gasteiger partial charge in [-0.3, -0.25) is 0 Å². The summed E-state index contributed by atoms with van der Waals surface area (Å²) in [6.07, 6.45) is 5.42. The van der Waals surface area contributed by atoms with E-state index in [1.165, 1.54) is 17.3 Å². The number of carbonyl (C=O) groups excluding carboxylic acids is 1. The Balaban J connectivity index is 1.79. The molecular weight excluding hydrogens is 168 g/mol. The Hall–Kier alpha value is -1.32. The van der Waals surface area contributed by atoms with Crippen LogP contribution in [0.25, 0.3) is 0 Å². The van der Waals surface area contributed by atoms with Crippen LogP contribution < -0.4 is 0 Å². The van der Waals surface area contributed by atoms with Crippen molar-refractivity contribution in [2.24, 2.45) is 11.8 Å². The van der Waals surface area contributed by atoms with Crippen molar-refractivity contribution in [2.45, 2.75) is 13.3 Å². The van der Waals surface area contributed by atoms with Crippen molar-refractivity contribution in [1.82, 2.24) is 9.55 Å². The van der Waals surface area contributed by atoms with Gasteiger partial charge in [0, 0.05) is 12.4 Å². The molecule has 1 aromatic heterocycles. The highest BCUT2D eigenvalue weighted by molar-refractivity contribution is 5.69. The first-order chi connectivity index (χ1) is 6.27. The summed E-state index contributed by atoms with van der Waals surface area (Å²) in [5, 5.41) is 0. The molecule has 0 saturated heterocycles. The summed E-state index contributed by atoms with van der Waals surface area (Å²) in [7, 11) is 0. The first-order valence-corrected chi connectivity index (χ1v) is 4.42. The Labute approximate surface area is 76.5 Å². The summed E-state index contributed by atoms with van der Waals surface area (Å²) < 4.78 is 6.41. The molecule has 1 aliphatic rings. The van der Waals surface area contributed by atoms with Gasteiger partial charge in [-0.15, -0.1) is 0 Å². The SMILES string of the molecule is CC1CC1COC(=O)n1ccnc1. The molecule has 4 heteroatoms. The van der Waals surface area contributed by atoms with Gasteiger partial charge in [0.1, 0.15) is 6.33 Å². The maximum atomic E-state index is 11.2. The standard InChI is InChI=1S/C9H12N2O2/c1-7-4-8(7)5-13-9(12)11-3-2-10-6-11/h2-3,6-8H,4-5H2,1H3. The average Bonchev–Trinajstić information content (AvgIpc) is 2.67. The van der Waals surface area contributed by atoms with Crippen molar-refractivity contribution in [3.05, 3.63) is 18.7 Å². The normalized spacial score (nSPS) is 25.6. The lowest BCUT2D eigenvalue weighted by molar-refractivity contribution is 0.141. The second kappa shape index (κ2) is 3.20. The number of carbonyl (C=O) groups is 1. The highest BCUT2D eigenvalue weighted by Crippen LogP contribution is 2.37. The minimum Gasteiger partial charge on any atom is -0.449 e. The Morgan fingerprint density at radius 3 is 3.08 bits per heavy atom. The Morgan fingerprint density at radius 1 is 1.77 bits per heavy atom. The van der Waals surface area contributed by atoms with E-state index >= 15 is 0 Å². The molecule has 1 saturated carbocycles. The molecule has 0 N–H and O–H groups in total.